The van der Waals surface area contributed by atoms with E-state index < -0.39 is 21.3 Å². The topological polar surface area (TPSA) is 146 Å². The Bertz CT molecular complexity index is 2160. The molecule has 12 heteroatoms. The zero-order valence-corrected chi connectivity index (χ0v) is 25.3. The third kappa shape index (κ3) is 6.08. The van der Waals surface area contributed by atoms with Crippen LogP contribution in [0.5, 0.6) is 0 Å². The number of amides is 1. The Balaban J connectivity index is 1.37. The standard InChI is InChI=1S/C32H30FN7O3S/c1-32(2,3)31(41)37-23-11-20(15-34-17-23)21-12-26-29(39-40-30(26)35-16-21)28-13-25-24(6-5-7-27(25)38-28)19-8-18(9-22(33)10-19)14-36-44(4,42)43/h5-13,15-17,36,38H,14H2,1-4H3,(H,37,41)(H,35,39,40). The molecule has 2 aromatic carbocycles. The Morgan fingerprint density at radius 3 is 2.52 bits per heavy atom. The van der Waals surface area contributed by atoms with Gasteiger partial charge in [-0.15, -0.1) is 0 Å². The molecule has 44 heavy (non-hydrogen) atoms. The number of hydrogen-bond donors (Lipinski definition) is 4. The summed E-state index contributed by atoms with van der Waals surface area (Å²) in [5.74, 6) is -0.573. The third-order valence-corrected chi connectivity index (χ3v) is 7.83. The van der Waals surface area contributed by atoms with Gasteiger partial charge in [-0.1, -0.05) is 32.9 Å². The second kappa shape index (κ2) is 11.0. The van der Waals surface area contributed by atoms with Gasteiger partial charge in [0.05, 0.1) is 29.5 Å². The molecule has 4 aromatic heterocycles. The zero-order valence-electron chi connectivity index (χ0n) is 24.5. The van der Waals surface area contributed by atoms with E-state index in [-0.39, 0.29) is 12.5 Å². The molecule has 0 fully saturated rings. The van der Waals surface area contributed by atoms with Gasteiger partial charge in [-0.3, -0.25) is 14.9 Å². The van der Waals surface area contributed by atoms with Gasteiger partial charge in [0, 0.05) is 51.8 Å². The van der Waals surface area contributed by atoms with E-state index in [9.17, 15) is 17.6 Å². The molecule has 0 aliphatic rings. The van der Waals surface area contributed by atoms with Crippen LogP contribution in [-0.2, 0) is 21.4 Å². The average Bonchev–Trinajstić information content (AvgIpc) is 3.59. The predicted molar refractivity (Wildman–Crippen MR) is 170 cm³/mol. The maximum absolute atomic E-state index is 14.6. The highest BCUT2D eigenvalue weighted by molar-refractivity contribution is 7.88. The summed E-state index contributed by atoms with van der Waals surface area (Å²) < 4.78 is 40.2. The number of fused-ring (bicyclic) bond motifs is 2. The number of sulfonamides is 1. The monoisotopic (exact) mass is 611 g/mol. The van der Waals surface area contributed by atoms with E-state index in [1.54, 1.807) is 24.7 Å². The fourth-order valence-electron chi connectivity index (χ4n) is 4.91. The fraction of sp³-hybridized carbons (Fsp3) is 0.188. The smallest absolute Gasteiger partial charge is 0.229 e. The summed E-state index contributed by atoms with van der Waals surface area (Å²) in [6, 6.07) is 16.0. The van der Waals surface area contributed by atoms with E-state index in [0.29, 0.717) is 22.5 Å². The maximum Gasteiger partial charge on any atom is 0.229 e. The number of hydrogen-bond acceptors (Lipinski definition) is 6. The van der Waals surface area contributed by atoms with E-state index in [1.807, 2.05) is 57.2 Å². The Morgan fingerprint density at radius 2 is 1.75 bits per heavy atom. The molecule has 4 N–H and O–H groups in total. The van der Waals surface area contributed by atoms with Crippen molar-refractivity contribution in [2.24, 2.45) is 5.41 Å². The van der Waals surface area contributed by atoms with E-state index >= 15 is 0 Å². The first-order valence-electron chi connectivity index (χ1n) is 13.8. The van der Waals surface area contributed by atoms with Crippen molar-refractivity contribution in [2.45, 2.75) is 27.3 Å². The molecule has 0 aliphatic heterocycles. The summed E-state index contributed by atoms with van der Waals surface area (Å²) in [6.45, 7) is 5.52. The molecule has 0 saturated heterocycles. The minimum atomic E-state index is -3.43. The average molecular weight is 612 g/mol. The van der Waals surface area contributed by atoms with Gasteiger partial charge in [0.2, 0.25) is 15.9 Å². The molecule has 6 rings (SSSR count). The number of nitrogens with zero attached hydrogens (tertiary/aromatic N) is 3. The first kappa shape index (κ1) is 29.1. The van der Waals surface area contributed by atoms with Crippen LogP contribution in [-0.4, -0.2) is 45.7 Å². The normalized spacial score (nSPS) is 12.2. The number of H-pyrrole nitrogens is 2. The number of benzene rings is 2. The molecule has 10 nitrogen and oxygen atoms in total. The lowest BCUT2D eigenvalue weighted by Gasteiger charge is -2.17. The maximum atomic E-state index is 14.6. The van der Waals surface area contributed by atoms with Crippen LogP contribution in [0, 0.1) is 11.2 Å². The van der Waals surface area contributed by atoms with Gasteiger partial charge in [-0.2, -0.15) is 5.10 Å². The number of aromatic nitrogens is 5. The van der Waals surface area contributed by atoms with E-state index in [0.717, 1.165) is 50.6 Å². The number of anilines is 1. The predicted octanol–water partition coefficient (Wildman–Crippen LogP) is 6.01. The van der Waals surface area contributed by atoms with Gasteiger partial charge in [-0.25, -0.2) is 22.5 Å². The highest BCUT2D eigenvalue weighted by Crippen LogP contribution is 2.35. The first-order valence-corrected chi connectivity index (χ1v) is 15.7. The van der Waals surface area contributed by atoms with Crippen LogP contribution in [0.25, 0.3) is 55.6 Å². The highest BCUT2D eigenvalue weighted by atomic mass is 32.2. The second-order valence-electron chi connectivity index (χ2n) is 11.8. The van der Waals surface area contributed by atoms with Gasteiger partial charge in [0.1, 0.15) is 5.82 Å². The molecule has 6 aromatic rings. The largest absolute Gasteiger partial charge is 0.353 e. The van der Waals surface area contributed by atoms with Crippen LogP contribution in [0.15, 0.2) is 73.2 Å². The van der Waals surface area contributed by atoms with Crippen molar-refractivity contribution >= 4 is 43.6 Å². The minimum Gasteiger partial charge on any atom is -0.353 e. The molecule has 0 aliphatic carbocycles. The van der Waals surface area contributed by atoms with Crippen molar-refractivity contribution < 1.29 is 17.6 Å². The Hall–Kier alpha value is -4.94. The van der Waals surface area contributed by atoms with Crippen LogP contribution in [0.3, 0.4) is 0 Å². The fourth-order valence-corrected chi connectivity index (χ4v) is 5.34. The summed E-state index contributed by atoms with van der Waals surface area (Å²) in [4.78, 5) is 24.8. The lowest BCUT2D eigenvalue weighted by molar-refractivity contribution is -0.123. The number of rotatable bonds is 7. The van der Waals surface area contributed by atoms with Crippen LogP contribution in [0.2, 0.25) is 0 Å². The Morgan fingerprint density at radius 1 is 0.955 bits per heavy atom. The Labute approximate surface area is 253 Å². The van der Waals surface area contributed by atoms with Crippen LogP contribution < -0.4 is 10.0 Å². The molecule has 0 unspecified atom stereocenters. The summed E-state index contributed by atoms with van der Waals surface area (Å²) in [5, 5.41) is 12.0. The summed E-state index contributed by atoms with van der Waals surface area (Å²) in [6.07, 6.45) is 6.09. The van der Waals surface area contributed by atoms with Crippen molar-refractivity contribution in [1.82, 2.24) is 29.9 Å². The second-order valence-corrected chi connectivity index (χ2v) is 13.6. The van der Waals surface area contributed by atoms with Crippen LogP contribution in [0.1, 0.15) is 26.3 Å². The lowest BCUT2D eigenvalue weighted by Crippen LogP contribution is -2.27. The minimum absolute atomic E-state index is 0.0190. The molecule has 1 amide bonds. The number of aromatic amines is 2. The molecular weight excluding hydrogens is 581 g/mol. The number of carbonyl (C=O) groups excluding carboxylic acids is 1. The summed E-state index contributed by atoms with van der Waals surface area (Å²) >= 11 is 0. The van der Waals surface area contributed by atoms with Crippen LogP contribution in [0.4, 0.5) is 10.1 Å². The van der Waals surface area contributed by atoms with Crippen molar-refractivity contribution in [3.63, 3.8) is 0 Å². The number of carbonyl (C=O) groups is 1. The van der Waals surface area contributed by atoms with Crippen molar-refractivity contribution in [1.29, 1.82) is 0 Å². The van der Waals surface area contributed by atoms with E-state index in [2.05, 4.69) is 35.2 Å². The van der Waals surface area contributed by atoms with Crippen molar-refractivity contribution in [2.75, 3.05) is 11.6 Å². The Kier molecular flexibility index (Phi) is 7.26. The molecule has 0 spiro atoms. The lowest BCUT2D eigenvalue weighted by atomic mass is 9.95. The molecule has 224 valence electrons. The number of halogens is 1. The van der Waals surface area contributed by atoms with Crippen molar-refractivity contribution in [3.8, 4) is 33.6 Å². The molecule has 0 bridgehead atoms. The van der Waals surface area contributed by atoms with Gasteiger partial charge >= 0.3 is 0 Å². The summed E-state index contributed by atoms with van der Waals surface area (Å²) in [5.41, 5.74) is 6.37. The van der Waals surface area contributed by atoms with Crippen LogP contribution >= 0.6 is 0 Å². The third-order valence-electron chi connectivity index (χ3n) is 7.16. The zero-order chi connectivity index (χ0) is 31.2. The molecule has 4 heterocycles. The van der Waals surface area contributed by atoms with Gasteiger partial charge in [0.25, 0.3) is 0 Å². The van der Waals surface area contributed by atoms with E-state index in [4.69, 9.17) is 0 Å². The van der Waals surface area contributed by atoms with E-state index in [1.165, 1.54) is 12.1 Å². The van der Waals surface area contributed by atoms with Gasteiger partial charge < -0.3 is 10.3 Å². The summed E-state index contributed by atoms with van der Waals surface area (Å²) in [7, 11) is -3.43. The van der Waals surface area contributed by atoms with Crippen molar-refractivity contribution in [3.05, 3.63) is 84.6 Å². The number of nitrogens with one attached hydrogen (secondary N) is 4. The first-order chi connectivity index (χ1) is 20.8. The number of pyridine rings is 2. The van der Waals surface area contributed by atoms with Gasteiger partial charge in [-0.05, 0) is 59.2 Å². The highest BCUT2D eigenvalue weighted by Gasteiger charge is 2.21. The molecule has 0 atom stereocenters. The van der Waals surface area contributed by atoms with Gasteiger partial charge in [0.15, 0.2) is 5.65 Å². The SMILES string of the molecule is CC(C)(C)C(=O)Nc1cncc(-c2cnc3n[nH]c(-c4cc5c(-c6cc(F)cc(CNS(C)(=O)=O)c6)cccc5[nH]4)c3c2)c1. The molecule has 0 saturated carbocycles. The quantitative estimate of drug-likeness (QED) is 0.174. The molecule has 0 radical (unpaired) electrons. The molecular formula is C32H30FN7O3S.